The first-order chi connectivity index (χ1) is 11.1. The predicted molar refractivity (Wildman–Crippen MR) is 85.4 cm³/mol. The fourth-order valence-electron chi connectivity index (χ4n) is 2.57. The highest BCUT2D eigenvalue weighted by Gasteiger charge is 2.17. The van der Waals surface area contributed by atoms with E-state index < -0.39 is 5.97 Å². The molecular weight excluding hydrogens is 296 g/mol. The minimum atomic E-state index is -1.02. The van der Waals surface area contributed by atoms with E-state index in [1.165, 1.54) is 13.2 Å². The van der Waals surface area contributed by atoms with Gasteiger partial charge in [0.15, 0.2) is 0 Å². The molecule has 0 aliphatic rings. The number of nitrogens with one attached hydrogen (secondary N) is 1. The van der Waals surface area contributed by atoms with Crippen LogP contribution in [0.2, 0.25) is 0 Å². The number of rotatable bonds is 5. The third-order valence-corrected chi connectivity index (χ3v) is 3.66. The number of aromatic nitrogens is 2. The van der Waals surface area contributed by atoms with E-state index >= 15 is 0 Å². The number of aromatic carboxylic acids is 1. The van der Waals surface area contributed by atoms with Gasteiger partial charge in [0.05, 0.1) is 19.8 Å². The Labute approximate surface area is 132 Å². The van der Waals surface area contributed by atoms with Gasteiger partial charge in [0, 0.05) is 12.0 Å². The number of carbonyl (C=O) groups is 1. The smallest absolute Gasteiger partial charge is 0.337 e. The lowest BCUT2D eigenvalue weighted by Crippen LogP contribution is -1.98. The number of aromatic amines is 1. The van der Waals surface area contributed by atoms with Crippen LogP contribution in [0.15, 0.2) is 36.4 Å². The minimum Gasteiger partial charge on any atom is -0.496 e. The number of para-hydroxylation sites is 1. The van der Waals surface area contributed by atoms with Crippen LogP contribution in [0.4, 0.5) is 0 Å². The molecule has 2 aromatic carbocycles. The third kappa shape index (κ3) is 2.70. The highest BCUT2D eigenvalue weighted by molar-refractivity contribution is 6.02. The largest absolute Gasteiger partial charge is 0.496 e. The number of benzene rings is 2. The van der Waals surface area contributed by atoms with Crippen molar-refractivity contribution in [3.63, 3.8) is 0 Å². The maximum Gasteiger partial charge on any atom is 0.337 e. The van der Waals surface area contributed by atoms with Crippen molar-refractivity contribution < 1.29 is 19.4 Å². The molecule has 6 heteroatoms. The van der Waals surface area contributed by atoms with Crippen molar-refractivity contribution in [2.24, 2.45) is 0 Å². The molecule has 0 aliphatic heterocycles. The SMILES string of the molecule is COc1ccccc1Cc1nc2c(C(=O)O)ccc(OC)c2[nH]1. The number of fused-ring (bicyclic) bond motifs is 1. The Hall–Kier alpha value is -3.02. The molecule has 0 fully saturated rings. The summed E-state index contributed by atoms with van der Waals surface area (Å²) in [7, 11) is 3.15. The molecule has 0 bridgehead atoms. The second kappa shape index (κ2) is 6.00. The van der Waals surface area contributed by atoms with Gasteiger partial charge in [-0.05, 0) is 18.2 Å². The molecule has 3 rings (SSSR count). The molecule has 23 heavy (non-hydrogen) atoms. The molecule has 6 nitrogen and oxygen atoms in total. The molecular formula is C17H16N2O4. The van der Waals surface area contributed by atoms with E-state index in [2.05, 4.69) is 9.97 Å². The summed E-state index contributed by atoms with van der Waals surface area (Å²) in [5, 5.41) is 9.31. The average Bonchev–Trinajstić information content (AvgIpc) is 2.97. The van der Waals surface area contributed by atoms with Crippen molar-refractivity contribution in [3.05, 3.63) is 53.3 Å². The Morgan fingerprint density at radius 2 is 1.87 bits per heavy atom. The number of hydrogen-bond donors (Lipinski definition) is 2. The third-order valence-electron chi connectivity index (χ3n) is 3.66. The Morgan fingerprint density at radius 1 is 1.13 bits per heavy atom. The molecule has 0 unspecified atom stereocenters. The maximum absolute atomic E-state index is 11.4. The summed E-state index contributed by atoms with van der Waals surface area (Å²) < 4.78 is 10.6. The monoisotopic (exact) mass is 312 g/mol. The Morgan fingerprint density at radius 3 is 2.57 bits per heavy atom. The predicted octanol–water partition coefficient (Wildman–Crippen LogP) is 2.87. The van der Waals surface area contributed by atoms with Crippen LogP contribution < -0.4 is 9.47 Å². The van der Waals surface area contributed by atoms with E-state index in [1.54, 1.807) is 13.2 Å². The summed E-state index contributed by atoms with van der Waals surface area (Å²) in [6.45, 7) is 0. The molecule has 2 N–H and O–H groups in total. The summed E-state index contributed by atoms with van der Waals surface area (Å²) in [6, 6.07) is 10.8. The summed E-state index contributed by atoms with van der Waals surface area (Å²) in [5.41, 5.74) is 2.08. The van der Waals surface area contributed by atoms with Gasteiger partial charge in [-0.15, -0.1) is 0 Å². The van der Waals surface area contributed by atoms with Crippen LogP contribution in [-0.4, -0.2) is 35.3 Å². The summed E-state index contributed by atoms with van der Waals surface area (Å²) >= 11 is 0. The van der Waals surface area contributed by atoms with Crippen molar-refractivity contribution in [3.8, 4) is 11.5 Å². The number of hydrogen-bond acceptors (Lipinski definition) is 4. The number of carboxylic acids is 1. The first-order valence-electron chi connectivity index (χ1n) is 7.04. The molecule has 1 aromatic heterocycles. The van der Waals surface area contributed by atoms with Crippen molar-refractivity contribution in [1.29, 1.82) is 0 Å². The minimum absolute atomic E-state index is 0.142. The van der Waals surface area contributed by atoms with Crippen molar-refractivity contribution in [2.75, 3.05) is 14.2 Å². The molecule has 0 atom stereocenters. The first-order valence-corrected chi connectivity index (χ1v) is 7.04. The number of H-pyrrole nitrogens is 1. The van der Waals surface area contributed by atoms with E-state index in [-0.39, 0.29) is 5.56 Å². The molecule has 0 spiro atoms. The zero-order chi connectivity index (χ0) is 16.4. The standard InChI is InChI=1S/C17H16N2O4/c1-22-12-6-4-3-5-10(12)9-14-18-15-11(17(20)21)7-8-13(23-2)16(15)19-14/h3-8H,9H2,1-2H3,(H,18,19)(H,20,21). The van der Waals surface area contributed by atoms with Gasteiger partial charge in [0.25, 0.3) is 0 Å². The van der Waals surface area contributed by atoms with Crippen LogP contribution >= 0.6 is 0 Å². The van der Waals surface area contributed by atoms with Gasteiger partial charge in [-0.3, -0.25) is 0 Å². The number of nitrogens with zero attached hydrogens (tertiary/aromatic N) is 1. The number of ether oxygens (including phenoxy) is 2. The average molecular weight is 312 g/mol. The van der Waals surface area contributed by atoms with Crippen LogP contribution in [-0.2, 0) is 6.42 Å². The molecule has 3 aromatic rings. The molecule has 0 saturated heterocycles. The lowest BCUT2D eigenvalue weighted by molar-refractivity contribution is 0.0699. The lowest BCUT2D eigenvalue weighted by Gasteiger charge is -2.05. The second-order valence-corrected chi connectivity index (χ2v) is 5.02. The Kier molecular flexibility index (Phi) is 3.89. The van der Waals surface area contributed by atoms with Gasteiger partial charge < -0.3 is 19.6 Å². The fraction of sp³-hybridized carbons (Fsp3) is 0.176. The maximum atomic E-state index is 11.4. The quantitative estimate of drug-likeness (QED) is 0.757. The van der Waals surface area contributed by atoms with Gasteiger partial charge in [0.2, 0.25) is 0 Å². The highest BCUT2D eigenvalue weighted by atomic mass is 16.5. The topological polar surface area (TPSA) is 84.4 Å². The van der Waals surface area contributed by atoms with Gasteiger partial charge in [0.1, 0.15) is 28.4 Å². The van der Waals surface area contributed by atoms with Crippen molar-refractivity contribution >= 4 is 17.0 Å². The van der Waals surface area contributed by atoms with Crippen molar-refractivity contribution in [1.82, 2.24) is 9.97 Å². The first kappa shape index (κ1) is 14.9. The number of methoxy groups -OCH3 is 2. The zero-order valence-corrected chi connectivity index (χ0v) is 12.8. The lowest BCUT2D eigenvalue weighted by atomic mass is 10.1. The number of carboxylic acid groups (broad SMARTS) is 1. The Balaban J connectivity index is 2.09. The fourth-order valence-corrected chi connectivity index (χ4v) is 2.57. The zero-order valence-electron chi connectivity index (χ0n) is 12.8. The summed E-state index contributed by atoms with van der Waals surface area (Å²) in [6.07, 6.45) is 0.501. The van der Waals surface area contributed by atoms with Crippen LogP contribution in [0.3, 0.4) is 0 Å². The van der Waals surface area contributed by atoms with Crippen molar-refractivity contribution in [2.45, 2.75) is 6.42 Å². The van der Waals surface area contributed by atoms with Crippen LogP contribution in [0.1, 0.15) is 21.7 Å². The van der Waals surface area contributed by atoms with Gasteiger partial charge in [-0.1, -0.05) is 18.2 Å². The van der Waals surface area contributed by atoms with Crippen LogP contribution in [0.25, 0.3) is 11.0 Å². The van der Waals surface area contributed by atoms with Crippen LogP contribution in [0, 0.1) is 0 Å². The van der Waals surface area contributed by atoms with Gasteiger partial charge in [-0.25, -0.2) is 9.78 Å². The summed E-state index contributed by atoms with van der Waals surface area (Å²) in [4.78, 5) is 19.0. The Bertz CT molecular complexity index is 870. The molecule has 118 valence electrons. The molecule has 0 amide bonds. The highest BCUT2D eigenvalue weighted by Crippen LogP contribution is 2.28. The van der Waals surface area contributed by atoms with E-state index in [0.717, 1.165) is 11.3 Å². The molecule has 0 radical (unpaired) electrons. The van der Waals surface area contributed by atoms with E-state index in [0.29, 0.717) is 29.0 Å². The van der Waals surface area contributed by atoms with Gasteiger partial charge >= 0.3 is 5.97 Å². The summed E-state index contributed by atoms with van der Waals surface area (Å²) in [5.74, 6) is 0.951. The van der Waals surface area contributed by atoms with E-state index in [1.807, 2.05) is 24.3 Å². The molecule has 0 saturated carbocycles. The van der Waals surface area contributed by atoms with Crippen LogP contribution in [0.5, 0.6) is 11.5 Å². The normalized spacial score (nSPS) is 10.7. The van der Waals surface area contributed by atoms with E-state index in [4.69, 9.17) is 9.47 Å². The number of imidazole rings is 1. The van der Waals surface area contributed by atoms with Gasteiger partial charge in [-0.2, -0.15) is 0 Å². The van der Waals surface area contributed by atoms with E-state index in [9.17, 15) is 9.90 Å². The second-order valence-electron chi connectivity index (χ2n) is 5.02. The molecule has 0 aliphatic carbocycles. The molecule has 1 heterocycles.